The minimum atomic E-state index is -0.468. The van der Waals surface area contributed by atoms with Crippen molar-refractivity contribution in [2.24, 2.45) is 0 Å². The van der Waals surface area contributed by atoms with Gasteiger partial charge in [0.05, 0.1) is 11.8 Å². The molecule has 2 heterocycles. The van der Waals surface area contributed by atoms with Crippen LogP contribution in [0.25, 0.3) is 0 Å². The number of carbonyl (C=O) groups is 2. The molecule has 0 saturated heterocycles. The number of nitrogens with zero attached hydrogens (tertiary/aromatic N) is 1. The van der Waals surface area contributed by atoms with E-state index >= 15 is 0 Å². The lowest BCUT2D eigenvalue weighted by Crippen LogP contribution is -2.49. The second kappa shape index (κ2) is 7.82. The van der Waals surface area contributed by atoms with E-state index in [0.717, 1.165) is 18.6 Å². The first-order chi connectivity index (χ1) is 10.6. The number of pyridine rings is 1. The van der Waals surface area contributed by atoms with Crippen LogP contribution >= 0.6 is 0 Å². The molecule has 0 aliphatic heterocycles. The summed E-state index contributed by atoms with van der Waals surface area (Å²) in [5, 5.41) is 2.73. The van der Waals surface area contributed by atoms with Crippen molar-refractivity contribution in [3.8, 4) is 0 Å². The van der Waals surface area contributed by atoms with Crippen LogP contribution < -0.4 is 16.2 Å². The van der Waals surface area contributed by atoms with E-state index in [0.29, 0.717) is 5.56 Å². The van der Waals surface area contributed by atoms with Crippen molar-refractivity contribution in [1.29, 1.82) is 0 Å². The van der Waals surface area contributed by atoms with Gasteiger partial charge in [-0.1, -0.05) is 0 Å². The van der Waals surface area contributed by atoms with Gasteiger partial charge in [0.1, 0.15) is 5.76 Å². The van der Waals surface area contributed by atoms with Gasteiger partial charge in [-0.15, -0.1) is 0 Å². The van der Waals surface area contributed by atoms with Gasteiger partial charge < -0.3 is 9.73 Å². The highest BCUT2D eigenvalue weighted by atomic mass is 16.3. The molecule has 116 valence electrons. The molecule has 2 aromatic heterocycles. The second-order valence-corrected chi connectivity index (χ2v) is 4.81. The molecule has 2 rings (SSSR count). The van der Waals surface area contributed by atoms with Gasteiger partial charge in [0.2, 0.25) is 0 Å². The van der Waals surface area contributed by atoms with Crippen molar-refractivity contribution < 1.29 is 14.0 Å². The fraction of sp³-hybridized carbons (Fsp3) is 0.267. The van der Waals surface area contributed by atoms with Crippen molar-refractivity contribution in [2.75, 3.05) is 0 Å². The Morgan fingerprint density at radius 2 is 2.14 bits per heavy atom. The van der Waals surface area contributed by atoms with E-state index in [1.165, 1.54) is 6.20 Å². The van der Waals surface area contributed by atoms with Gasteiger partial charge in [-0.05, 0) is 37.6 Å². The van der Waals surface area contributed by atoms with Crippen LogP contribution in [0.3, 0.4) is 0 Å². The highest BCUT2D eigenvalue weighted by Crippen LogP contribution is 2.05. The van der Waals surface area contributed by atoms with Crippen molar-refractivity contribution >= 4 is 11.9 Å². The van der Waals surface area contributed by atoms with Gasteiger partial charge in [0, 0.05) is 24.9 Å². The number of nitrogens with one attached hydrogen (secondary N) is 3. The highest BCUT2D eigenvalue weighted by molar-refractivity contribution is 5.94. The molecule has 1 atom stereocenters. The third kappa shape index (κ3) is 4.93. The Bertz CT molecular complexity index is 599. The largest absolute Gasteiger partial charge is 0.469 e. The lowest BCUT2D eigenvalue weighted by atomic mass is 10.1. The van der Waals surface area contributed by atoms with Crippen LogP contribution in [-0.4, -0.2) is 23.0 Å². The average molecular weight is 302 g/mol. The number of aryl methyl sites for hydroxylation is 1. The van der Waals surface area contributed by atoms with Crippen molar-refractivity contribution in [2.45, 2.75) is 25.8 Å². The van der Waals surface area contributed by atoms with Gasteiger partial charge in [-0.2, -0.15) is 0 Å². The quantitative estimate of drug-likeness (QED) is 0.732. The Hall–Kier alpha value is -2.83. The topological polar surface area (TPSA) is 96.3 Å². The first kappa shape index (κ1) is 15.6. The zero-order chi connectivity index (χ0) is 15.8. The number of rotatable bonds is 5. The maximum Gasteiger partial charge on any atom is 0.333 e. The SMILES string of the molecule is C[C@H](CCc1ccco1)NC(=O)NNC(=O)c1cccnc1. The molecule has 0 aliphatic carbocycles. The lowest BCUT2D eigenvalue weighted by Gasteiger charge is -2.14. The standard InChI is InChI=1S/C15H18N4O3/c1-11(6-7-13-5-3-9-22-13)17-15(21)19-18-14(20)12-4-2-8-16-10-12/h2-5,8-11H,6-7H2,1H3,(H,18,20)(H2,17,19,21)/t11-/m1/s1. The van der Waals surface area contributed by atoms with Gasteiger partial charge in [-0.25, -0.2) is 10.2 Å². The van der Waals surface area contributed by atoms with Crippen molar-refractivity contribution in [3.63, 3.8) is 0 Å². The molecule has 0 fully saturated rings. The van der Waals surface area contributed by atoms with Gasteiger partial charge >= 0.3 is 6.03 Å². The van der Waals surface area contributed by atoms with Gasteiger partial charge in [0.15, 0.2) is 0 Å². The number of aromatic nitrogens is 1. The van der Waals surface area contributed by atoms with E-state index in [9.17, 15) is 9.59 Å². The van der Waals surface area contributed by atoms with Crippen molar-refractivity contribution in [1.82, 2.24) is 21.2 Å². The highest BCUT2D eigenvalue weighted by Gasteiger charge is 2.10. The zero-order valence-corrected chi connectivity index (χ0v) is 12.2. The number of carbonyl (C=O) groups excluding carboxylic acids is 2. The van der Waals surface area contributed by atoms with E-state index in [4.69, 9.17) is 4.42 Å². The van der Waals surface area contributed by atoms with Crippen LogP contribution in [0.15, 0.2) is 47.3 Å². The number of hydrogen-bond acceptors (Lipinski definition) is 4. The van der Waals surface area contributed by atoms with Crippen LogP contribution in [0.4, 0.5) is 4.79 Å². The van der Waals surface area contributed by atoms with Crippen LogP contribution in [0.2, 0.25) is 0 Å². The number of hydrogen-bond donors (Lipinski definition) is 3. The molecule has 0 spiro atoms. The summed E-state index contributed by atoms with van der Waals surface area (Å²) in [4.78, 5) is 27.2. The number of urea groups is 1. The summed E-state index contributed by atoms with van der Waals surface area (Å²) in [6, 6.07) is 6.44. The Kier molecular flexibility index (Phi) is 5.53. The van der Waals surface area contributed by atoms with E-state index < -0.39 is 11.9 Å². The third-order valence-corrected chi connectivity index (χ3v) is 2.99. The zero-order valence-electron chi connectivity index (χ0n) is 12.2. The predicted molar refractivity (Wildman–Crippen MR) is 79.9 cm³/mol. The van der Waals surface area contributed by atoms with E-state index in [2.05, 4.69) is 21.2 Å². The molecule has 7 nitrogen and oxygen atoms in total. The Labute approximate surface area is 128 Å². The van der Waals surface area contributed by atoms with Crippen LogP contribution in [0.5, 0.6) is 0 Å². The van der Waals surface area contributed by atoms with Gasteiger partial charge in [-0.3, -0.25) is 15.2 Å². The molecule has 3 N–H and O–H groups in total. The maximum atomic E-state index is 11.7. The molecule has 0 bridgehead atoms. The first-order valence-electron chi connectivity index (χ1n) is 6.94. The molecule has 0 saturated carbocycles. The monoisotopic (exact) mass is 302 g/mol. The summed E-state index contributed by atoms with van der Waals surface area (Å²) in [5.41, 5.74) is 4.99. The Morgan fingerprint density at radius 3 is 2.82 bits per heavy atom. The van der Waals surface area contributed by atoms with Crippen LogP contribution in [0.1, 0.15) is 29.5 Å². The van der Waals surface area contributed by atoms with E-state index in [-0.39, 0.29) is 6.04 Å². The van der Waals surface area contributed by atoms with Crippen molar-refractivity contribution in [3.05, 3.63) is 54.2 Å². The average Bonchev–Trinajstić information content (AvgIpc) is 3.05. The summed E-state index contributed by atoms with van der Waals surface area (Å²) >= 11 is 0. The summed E-state index contributed by atoms with van der Waals surface area (Å²) in [6.45, 7) is 1.88. The van der Waals surface area contributed by atoms with Crippen LogP contribution in [0, 0.1) is 0 Å². The smallest absolute Gasteiger partial charge is 0.333 e. The molecule has 0 unspecified atom stereocenters. The summed E-state index contributed by atoms with van der Waals surface area (Å²) < 4.78 is 5.23. The molecule has 0 aliphatic rings. The molecule has 22 heavy (non-hydrogen) atoms. The molecule has 0 aromatic carbocycles. The lowest BCUT2D eigenvalue weighted by molar-refractivity contribution is 0.0935. The fourth-order valence-corrected chi connectivity index (χ4v) is 1.83. The minimum absolute atomic E-state index is 0.0552. The molecular weight excluding hydrogens is 284 g/mol. The number of hydrazine groups is 1. The van der Waals surface area contributed by atoms with Crippen LogP contribution in [-0.2, 0) is 6.42 Å². The molecular formula is C15H18N4O3. The van der Waals surface area contributed by atoms with Gasteiger partial charge in [0.25, 0.3) is 5.91 Å². The maximum absolute atomic E-state index is 11.7. The Balaban J connectivity index is 1.68. The summed E-state index contributed by atoms with van der Waals surface area (Å²) in [6.07, 6.45) is 6.07. The summed E-state index contributed by atoms with van der Waals surface area (Å²) in [7, 11) is 0. The number of amides is 3. The van der Waals surface area contributed by atoms with E-state index in [1.807, 2.05) is 19.1 Å². The normalized spacial score (nSPS) is 11.5. The Morgan fingerprint density at radius 1 is 1.27 bits per heavy atom. The summed E-state index contributed by atoms with van der Waals surface area (Å²) in [5.74, 6) is 0.449. The fourth-order valence-electron chi connectivity index (χ4n) is 1.83. The third-order valence-electron chi connectivity index (χ3n) is 2.99. The minimum Gasteiger partial charge on any atom is -0.469 e. The molecule has 7 heteroatoms. The second-order valence-electron chi connectivity index (χ2n) is 4.81. The number of furan rings is 1. The predicted octanol–water partition coefficient (Wildman–Crippen LogP) is 1.64. The van der Waals surface area contributed by atoms with E-state index in [1.54, 1.807) is 24.6 Å². The molecule has 0 radical (unpaired) electrons. The molecule has 3 amide bonds. The first-order valence-corrected chi connectivity index (χ1v) is 6.94. The molecule has 2 aromatic rings.